The molecule has 0 aliphatic carbocycles. The lowest BCUT2D eigenvalue weighted by Gasteiger charge is -2.11. The highest BCUT2D eigenvalue weighted by Crippen LogP contribution is 2.21. The summed E-state index contributed by atoms with van der Waals surface area (Å²) in [7, 11) is 0. The van der Waals surface area contributed by atoms with Gasteiger partial charge in [-0.15, -0.1) is 0 Å². The van der Waals surface area contributed by atoms with Crippen molar-refractivity contribution in [3.05, 3.63) is 30.1 Å². The van der Waals surface area contributed by atoms with E-state index in [1.165, 1.54) is 23.3 Å². The van der Waals surface area contributed by atoms with Crippen LogP contribution in [0.1, 0.15) is 5.82 Å². The van der Waals surface area contributed by atoms with Crippen molar-refractivity contribution in [3.63, 3.8) is 0 Å². The van der Waals surface area contributed by atoms with E-state index >= 15 is 0 Å². The highest BCUT2D eigenvalue weighted by atomic mass is 32.2. The topological polar surface area (TPSA) is 81.3 Å². The Morgan fingerprint density at radius 3 is 2.79 bits per heavy atom. The number of nitrogens with zero attached hydrogens (tertiary/aromatic N) is 2. The van der Waals surface area contributed by atoms with Gasteiger partial charge in [-0.25, -0.2) is 4.98 Å². The van der Waals surface area contributed by atoms with Crippen molar-refractivity contribution in [1.29, 1.82) is 0 Å². The number of aromatic nitrogens is 2. The Hall–Kier alpha value is -1.31. The number of benzene rings is 1. The molecule has 2 rings (SSSR count). The number of thioether (sulfide) groups is 1. The Kier molecular flexibility index (Phi) is 5.00. The summed E-state index contributed by atoms with van der Waals surface area (Å²) in [5.74, 6) is 1.99. The molecule has 0 spiro atoms. The lowest BCUT2D eigenvalue weighted by Crippen LogP contribution is -2.20. The second kappa shape index (κ2) is 6.74. The molecular formula is C12H15N3O2S2. The Balaban J connectivity index is 1.72. The fraction of sp³-hybridized carbons (Fsp3) is 0.333. The third kappa shape index (κ3) is 4.70. The molecule has 1 heterocycles. The van der Waals surface area contributed by atoms with Gasteiger partial charge in [0, 0.05) is 11.4 Å². The van der Waals surface area contributed by atoms with Crippen LogP contribution in [0.25, 0.3) is 0 Å². The molecule has 2 aromatic rings. The molecule has 1 aromatic carbocycles. The number of aliphatic hydroxyl groups excluding tert-OH is 1. The number of aliphatic hydroxyl groups is 1. The number of nitrogens with two attached hydrogens (primary N) is 1. The molecule has 3 N–H and O–H groups in total. The zero-order valence-electron chi connectivity index (χ0n) is 10.4. The second-order valence-electron chi connectivity index (χ2n) is 3.95. The molecule has 5 nitrogen and oxygen atoms in total. The zero-order chi connectivity index (χ0) is 13.7. The van der Waals surface area contributed by atoms with E-state index in [1.54, 1.807) is 24.3 Å². The first-order chi connectivity index (χ1) is 9.13. The molecule has 0 fully saturated rings. The van der Waals surface area contributed by atoms with Crippen molar-refractivity contribution in [2.45, 2.75) is 17.4 Å². The van der Waals surface area contributed by atoms with Crippen LogP contribution in [0, 0.1) is 6.92 Å². The first-order valence-electron chi connectivity index (χ1n) is 5.73. The van der Waals surface area contributed by atoms with Crippen LogP contribution in [0.3, 0.4) is 0 Å². The molecule has 1 unspecified atom stereocenters. The summed E-state index contributed by atoms with van der Waals surface area (Å²) in [5, 5.41) is 9.82. The fourth-order valence-corrected chi connectivity index (χ4v) is 2.89. The van der Waals surface area contributed by atoms with Gasteiger partial charge in [0.25, 0.3) is 0 Å². The molecule has 102 valence electrons. The zero-order valence-corrected chi connectivity index (χ0v) is 12.1. The van der Waals surface area contributed by atoms with Crippen molar-refractivity contribution < 1.29 is 9.84 Å². The van der Waals surface area contributed by atoms with Crippen LogP contribution in [0.2, 0.25) is 0 Å². The molecule has 7 heteroatoms. The summed E-state index contributed by atoms with van der Waals surface area (Å²) in [4.78, 5) is 4.22. The van der Waals surface area contributed by atoms with Crippen LogP contribution in [-0.2, 0) is 0 Å². The predicted octanol–water partition coefficient (Wildman–Crippen LogP) is 1.96. The lowest BCUT2D eigenvalue weighted by atomic mass is 10.3. The Morgan fingerprint density at radius 1 is 1.42 bits per heavy atom. The van der Waals surface area contributed by atoms with E-state index in [1.807, 2.05) is 6.92 Å². The molecule has 0 radical (unpaired) electrons. The first-order valence-corrected chi connectivity index (χ1v) is 7.49. The van der Waals surface area contributed by atoms with Gasteiger partial charge in [0.15, 0.2) is 4.34 Å². The number of ether oxygens (including phenoxy) is 1. The Morgan fingerprint density at radius 2 is 2.16 bits per heavy atom. The molecule has 0 saturated carbocycles. The van der Waals surface area contributed by atoms with Crippen LogP contribution in [0.4, 0.5) is 5.69 Å². The first kappa shape index (κ1) is 14.1. The van der Waals surface area contributed by atoms with Gasteiger partial charge in [0.2, 0.25) is 0 Å². The standard InChI is InChI=1S/C12H15N3O2S2/c1-8-14-12(19-15-8)18-7-10(16)6-17-11-4-2-9(13)3-5-11/h2-5,10,16H,6-7,13H2,1H3. The van der Waals surface area contributed by atoms with Gasteiger partial charge in [0.1, 0.15) is 18.2 Å². The van der Waals surface area contributed by atoms with Gasteiger partial charge in [0.05, 0.1) is 6.10 Å². The molecule has 0 amide bonds. The van der Waals surface area contributed by atoms with Gasteiger partial charge in [-0.05, 0) is 42.7 Å². The van der Waals surface area contributed by atoms with E-state index in [-0.39, 0.29) is 6.61 Å². The quantitative estimate of drug-likeness (QED) is 0.626. The lowest BCUT2D eigenvalue weighted by molar-refractivity contribution is 0.126. The van der Waals surface area contributed by atoms with Crippen molar-refractivity contribution in [2.24, 2.45) is 0 Å². The third-order valence-corrected chi connectivity index (χ3v) is 4.30. The van der Waals surface area contributed by atoms with Crippen LogP contribution in [0.5, 0.6) is 5.75 Å². The van der Waals surface area contributed by atoms with Gasteiger partial charge in [-0.2, -0.15) is 4.37 Å². The third-order valence-electron chi connectivity index (χ3n) is 2.23. The molecule has 0 bridgehead atoms. The number of hydrogen-bond acceptors (Lipinski definition) is 7. The number of aryl methyl sites for hydroxylation is 1. The van der Waals surface area contributed by atoms with Gasteiger partial charge >= 0.3 is 0 Å². The molecular weight excluding hydrogens is 282 g/mol. The monoisotopic (exact) mass is 297 g/mol. The fourth-order valence-electron chi connectivity index (χ4n) is 1.31. The highest BCUT2D eigenvalue weighted by molar-refractivity contribution is 8.00. The van der Waals surface area contributed by atoms with Crippen molar-refractivity contribution in [2.75, 3.05) is 18.1 Å². The maximum Gasteiger partial charge on any atom is 0.170 e. The van der Waals surface area contributed by atoms with Crippen molar-refractivity contribution >= 4 is 29.0 Å². The van der Waals surface area contributed by atoms with E-state index < -0.39 is 6.10 Å². The van der Waals surface area contributed by atoms with Crippen LogP contribution < -0.4 is 10.5 Å². The number of hydrogen-bond donors (Lipinski definition) is 2. The number of nitrogen functional groups attached to an aromatic ring is 1. The van der Waals surface area contributed by atoms with Crippen LogP contribution in [-0.4, -0.2) is 32.9 Å². The molecule has 1 atom stereocenters. The summed E-state index contributed by atoms with van der Waals surface area (Å²) in [6.07, 6.45) is -0.549. The van der Waals surface area contributed by atoms with E-state index in [2.05, 4.69) is 9.36 Å². The minimum atomic E-state index is -0.549. The minimum absolute atomic E-state index is 0.245. The maximum absolute atomic E-state index is 9.82. The molecule has 1 aromatic heterocycles. The second-order valence-corrected chi connectivity index (χ2v) is 5.97. The summed E-state index contributed by atoms with van der Waals surface area (Å²) in [6.45, 7) is 2.09. The SMILES string of the molecule is Cc1nsc(SCC(O)COc2ccc(N)cc2)n1. The highest BCUT2D eigenvalue weighted by Gasteiger charge is 2.08. The van der Waals surface area contributed by atoms with Gasteiger partial charge < -0.3 is 15.6 Å². The van der Waals surface area contributed by atoms with E-state index in [4.69, 9.17) is 10.5 Å². The predicted molar refractivity (Wildman–Crippen MR) is 77.7 cm³/mol. The molecule has 0 aliphatic rings. The summed E-state index contributed by atoms with van der Waals surface area (Å²) in [6, 6.07) is 7.09. The van der Waals surface area contributed by atoms with E-state index in [0.717, 1.165) is 10.2 Å². The Bertz CT molecular complexity index is 516. The van der Waals surface area contributed by atoms with E-state index in [0.29, 0.717) is 17.2 Å². The normalized spacial score (nSPS) is 12.3. The smallest absolute Gasteiger partial charge is 0.170 e. The van der Waals surface area contributed by atoms with Crippen molar-refractivity contribution in [1.82, 2.24) is 9.36 Å². The van der Waals surface area contributed by atoms with Crippen LogP contribution >= 0.6 is 23.3 Å². The minimum Gasteiger partial charge on any atom is -0.491 e. The number of anilines is 1. The molecule has 0 saturated heterocycles. The summed E-state index contributed by atoms with van der Waals surface area (Å²) >= 11 is 2.83. The maximum atomic E-state index is 9.82. The summed E-state index contributed by atoms with van der Waals surface area (Å²) in [5.41, 5.74) is 6.27. The van der Waals surface area contributed by atoms with Gasteiger partial charge in [-0.1, -0.05) is 11.8 Å². The Labute approximate surface area is 120 Å². The van der Waals surface area contributed by atoms with E-state index in [9.17, 15) is 5.11 Å². The molecule has 0 aliphatic heterocycles. The largest absolute Gasteiger partial charge is 0.491 e. The van der Waals surface area contributed by atoms with Crippen molar-refractivity contribution in [3.8, 4) is 5.75 Å². The van der Waals surface area contributed by atoms with Crippen LogP contribution in [0.15, 0.2) is 28.6 Å². The average Bonchev–Trinajstić information content (AvgIpc) is 2.81. The number of rotatable bonds is 6. The summed E-state index contributed by atoms with van der Waals surface area (Å²) < 4.78 is 10.4. The molecule has 19 heavy (non-hydrogen) atoms. The average molecular weight is 297 g/mol. The van der Waals surface area contributed by atoms with Gasteiger partial charge in [-0.3, -0.25) is 0 Å².